The number of fused-ring (bicyclic) bond motifs is 1. The van der Waals surface area contributed by atoms with Crippen LogP contribution in [0.3, 0.4) is 0 Å². The van der Waals surface area contributed by atoms with E-state index in [1.54, 1.807) is 0 Å². The molecule has 0 amide bonds. The summed E-state index contributed by atoms with van der Waals surface area (Å²) in [6.07, 6.45) is 1.52. The molecule has 1 heterocycles. The predicted molar refractivity (Wildman–Crippen MR) is 119 cm³/mol. The third-order valence-electron chi connectivity index (χ3n) is 4.93. The van der Waals surface area contributed by atoms with Gasteiger partial charge in [-0.25, -0.2) is 4.79 Å². The lowest BCUT2D eigenvalue weighted by molar-refractivity contribution is -0.148. The van der Waals surface area contributed by atoms with E-state index in [9.17, 15) is 9.59 Å². The van der Waals surface area contributed by atoms with E-state index in [0.29, 0.717) is 0 Å². The van der Waals surface area contributed by atoms with Gasteiger partial charge in [0, 0.05) is 36.0 Å². The molecule has 0 radical (unpaired) electrons. The SMILES string of the molecule is CN1C(=CC(=O)COC(=O)COc2cc(Cl)c(Cl)cc2Cl)C(C)(C)c2ccccc21. The fourth-order valence-electron chi connectivity index (χ4n) is 3.40. The zero-order valence-electron chi connectivity index (χ0n) is 16.7. The molecule has 1 aliphatic rings. The Bertz CT molecular complexity index is 1030. The number of rotatable bonds is 6. The van der Waals surface area contributed by atoms with Crippen molar-refractivity contribution in [1.82, 2.24) is 0 Å². The summed E-state index contributed by atoms with van der Waals surface area (Å²) >= 11 is 17.8. The number of benzene rings is 2. The van der Waals surface area contributed by atoms with Crippen molar-refractivity contribution in [3.8, 4) is 5.75 Å². The first kappa shape index (κ1) is 22.5. The molecular formula is C22H20Cl3NO4. The van der Waals surface area contributed by atoms with E-state index in [-0.39, 0.29) is 38.6 Å². The van der Waals surface area contributed by atoms with E-state index >= 15 is 0 Å². The summed E-state index contributed by atoms with van der Waals surface area (Å²) in [5.74, 6) is -0.826. The van der Waals surface area contributed by atoms with Crippen LogP contribution in [0.2, 0.25) is 15.1 Å². The lowest BCUT2D eigenvalue weighted by Crippen LogP contribution is -2.25. The van der Waals surface area contributed by atoms with Gasteiger partial charge >= 0.3 is 5.97 Å². The van der Waals surface area contributed by atoms with Gasteiger partial charge in [-0.1, -0.05) is 66.8 Å². The van der Waals surface area contributed by atoms with Crippen LogP contribution >= 0.6 is 34.8 Å². The van der Waals surface area contributed by atoms with E-state index in [2.05, 4.69) is 13.8 Å². The molecule has 1 aliphatic heterocycles. The molecule has 0 atom stereocenters. The molecule has 2 aromatic rings. The first-order valence-electron chi connectivity index (χ1n) is 9.12. The van der Waals surface area contributed by atoms with Crippen molar-refractivity contribution in [2.75, 3.05) is 25.2 Å². The zero-order valence-corrected chi connectivity index (χ0v) is 18.9. The molecule has 0 fully saturated rings. The van der Waals surface area contributed by atoms with Crippen LogP contribution in [-0.4, -0.2) is 32.0 Å². The van der Waals surface area contributed by atoms with Gasteiger partial charge in [0.25, 0.3) is 0 Å². The van der Waals surface area contributed by atoms with Crippen LogP contribution in [0.5, 0.6) is 5.75 Å². The number of ether oxygens (including phenoxy) is 2. The summed E-state index contributed by atoms with van der Waals surface area (Å²) in [6.45, 7) is 3.30. The quantitative estimate of drug-likeness (QED) is 0.320. The molecule has 0 spiro atoms. The minimum absolute atomic E-state index is 0.198. The average Bonchev–Trinajstić information content (AvgIpc) is 2.89. The lowest BCUT2D eigenvalue weighted by Gasteiger charge is -2.23. The van der Waals surface area contributed by atoms with Gasteiger partial charge in [-0.05, 0) is 17.7 Å². The fraction of sp³-hybridized carbons (Fsp3) is 0.273. The van der Waals surface area contributed by atoms with E-state index in [4.69, 9.17) is 44.3 Å². The number of ketones is 1. The van der Waals surface area contributed by atoms with Gasteiger partial charge in [0.2, 0.25) is 0 Å². The molecule has 0 bridgehead atoms. The van der Waals surface area contributed by atoms with Gasteiger partial charge in [-0.15, -0.1) is 0 Å². The maximum Gasteiger partial charge on any atom is 0.344 e. The zero-order chi connectivity index (χ0) is 22.1. The van der Waals surface area contributed by atoms with Crippen LogP contribution in [0.15, 0.2) is 48.2 Å². The standard InChI is InChI=1S/C22H20Cl3NO4/c1-22(2)14-6-4-5-7-18(14)26(3)20(22)8-13(27)11-30-21(28)12-29-19-10-16(24)15(23)9-17(19)25/h4-10H,11-12H2,1-3H3. The highest BCUT2D eigenvalue weighted by Gasteiger charge is 2.38. The summed E-state index contributed by atoms with van der Waals surface area (Å²) in [4.78, 5) is 26.4. The normalized spacial score (nSPS) is 15.8. The maximum atomic E-state index is 12.4. The van der Waals surface area contributed by atoms with Gasteiger partial charge in [0.15, 0.2) is 19.0 Å². The second-order valence-electron chi connectivity index (χ2n) is 7.34. The Morgan fingerprint density at radius 2 is 1.70 bits per heavy atom. The summed E-state index contributed by atoms with van der Waals surface area (Å²) < 4.78 is 10.3. The molecule has 0 N–H and O–H groups in total. The number of para-hydroxylation sites is 1. The largest absolute Gasteiger partial charge is 0.480 e. The van der Waals surface area contributed by atoms with Gasteiger partial charge in [0.05, 0.1) is 15.1 Å². The van der Waals surface area contributed by atoms with Gasteiger partial charge in [-0.3, -0.25) is 4.79 Å². The number of carbonyl (C=O) groups excluding carboxylic acids is 2. The Kier molecular flexibility index (Phi) is 6.65. The van der Waals surface area contributed by atoms with Crippen molar-refractivity contribution in [3.05, 3.63) is 68.8 Å². The molecule has 0 saturated carbocycles. The van der Waals surface area contributed by atoms with Crippen LogP contribution in [0.25, 0.3) is 0 Å². The monoisotopic (exact) mass is 467 g/mol. The Morgan fingerprint density at radius 1 is 1.03 bits per heavy atom. The van der Waals surface area contributed by atoms with Gasteiger partial charge in [0.1, 0.15) is 5.75 Å². The number of halogens is 3. The third-order valence-corrected chi connectivity index (χ3v) is 5.95. The molecule has 2 aromatic carbocycles. The van der Waals surface area contributed by atoms with Gasteiger partial charge in [-0.2, -0.15) is 0 Å². The molecule has 30 heavy (non-hydrogen) atoms. The molecule has 0 saturated heterocycles. The first-order valence-corrected chi connectivity index (χ1v) is 10.3. The molecular weight excluding hydrogens is 449 g/mol. The molecule has 3 rings (SSSR count). The summed E-state index contributed by atoms with van der Waals surface area (Å²) in [6, 6.07) is 10.8. The molecule has 8 heteroatoms. The fourth-order valence-corrected chi connectivity index (χ4v) is 3.99. The smallest absolute Gasteiger partial charge is 0.344 e. The lowest BCUT2D eigenvalue weighted by atomic mass is 9.83. The third kappa shape index (κ3) is 4.59. The van der Waals surface area contributed by atoms with Crippen molar-refractivity contribution >= 4 is 52.2 Å². The highest BCUT2D eigenvalue weighted by Crippen LogP contribution is 2.46. The Hall–Kier alpha value is -2.21. The maximum absolute atomic E-state index is 12.4. The van der Waals surface area contributed by atoms with E-state index in [1.807, 2.05) is 36.2 Å². The van der Waals surface area contributed by atoms with Crippen molar-refractivity contribution < 1.29 is 19.1 Å². The van der Waals surface area contributed by atoms with Crippen LogP contribution in [0.1, 0.15) is 19.4 Å². The number of anilines is 1. The molecule has 158 valence electrons. The molecule has 0 unspecified atom stereocenters. The summed E-state index contributed by atoms with van der Waals surface area (Å²) in [5.41, 5.74) is 2.68. The summed E-state index contributed by atoms with van der Waals surface area (Å²) in [5, 5.41) is 0.733. The number of nitrogens with zero attached hydrogens (tertiary/aromatic N) is 1. The van der Waals surface area contributed by atoms with E-state index < -0.39 is 12.6 Å². The van der Waals surface area contributed by atoms with Gasteiger partial charge < -0.3 is 14.4 Å². The van der Waals surface area contributed by atoms with Crippen molar-refractivity contribution in [2.24, 2.45) is 0 Å². The van der Waals surface area contributed by atoms with Crippen molar-refractivity contribution in [3.63, 3.8) is 0 Å². The number of hydrogen-bond acceptors (Lipinski definition) is 5. The highest BCUT2D eigenvalue weighted by atomic mass is 35.5. The minimum atomic E-state index is -0.703. The Labute approximate surface area is 190 Å². The number of allylic oxidation sites excluding steroid dienone is 1. The topological polar surface area (TPSA) is 55.8 Å². The van der Waals surface area contributed by atoms with Crippen molar-refractivity contribution in [1.29, 1.82) is 0 Å². The second kappa shape index (κ2) is 8.88. The number of hydrogen-bond donors (Lipinski definition) is 0. The number of likely N-dealkylation sites (N-methyl/N-ethyl adjacent to an activating group) is 1. The Morgan fingerprint density at radius 3 is 2.40 bits per heavy atom. The van der Waals surface area contributed by atoms with E-state index in [0.717, 1.165) is 16.9 Å². The second-order valence-corrected chi connectivity index (χ2v) is 8.56. The molecule has 0 aromatic heterocycles. The minimum Gasteiger partial charge on any atom is -0.480 e. The average molecular weight is 469 g/mol. The number of esters is 1. The molecule has 0 aliphatic carbocycles. The van der Waals surface area contributed by atoms with Crippen LogP contribution < -0.4 is 9.64 Å². The van der Waals surface area contributed by atoms with Crippen LogP contribution in [0.4, 0.5) is 5.69 Å². The van der Waals surface area contributed by atoms with Crippen LogP contribution in [-0.2, 0) is 19.7 Å². The highest BCUT2D eigenvalue weighted by molar-refractivity contribution is 6.43. The van der Waals surface area contributed by atoms with E-state index in [1.165, 1.54) is 18.2 Å². The van der Waals surface area contributed by atoms with Crippen LogP contribution in [0, 0.1) is 0 Å². The summed E-state index contributed by atoms with van der Waals surface area (Å²) in [7, 11) is 1.91. The van der Waals surface area contributed by atoms with Crippen molar-refractivity contribution in [2.45, 2.75) is 19.3 Å². The number of carbonyl (C=O) groups is 2. The first-order chi connectivity index (χ1) is 14.1. The Balaban J connectivity index is 1.58. The molecule has 5 nitrogen and oxygen atoms in total. The predicted octanol–water partition coefficient (Wildman–Crippen LogP) is 5.45.